The van der Waals surface area contributed by atoms with Gasteiger partial charge < -0.3 is 19.7 Å². The molecule has 25 heavy (non-hydrogen) atoms. The molecule has 5 heteroatoms. The van der Waals surface area contributed by atoms with Gasteiger partial charge in [0.25, 0.3) is 0 Å². The van der Waals surface area contributed by atoms with E-state index in [1.54, 1.807) is 0 Å². The van der Waals surface area contributed by atoms with Crippen molar-refractivity contribution in [2.45, 2.75) is 69.9 Å². The van der Waals surface area contributed by atoms with Crippen LogP contribution in [-0.4, -0.2) is 46.7 Å². The molecule has 0 saturated carbocycles. The van der Waals surface area contributed by atoms with Crippen molar-refractivity contribution in [3.8, 4) is 0 Å². The van der Waals surface area contributed by atoms with Gasteiger partial charge in [0.2, 0.25) is 0 Å². The van der Waals surface area contributed by atoms with Crippen molar-refractivity contribution in [2.24, 2.45) is 5.92 Å². The maximum atomic E-state index is 12.0. The summed E-state index contributed by atoms with van der Waals surface area (Å²) >= 11 is 0. The number of carbonyl (C=O) groups is 1. The van der Waals surface area contributed by atoms with Crippen LogP contribution >= 0.6 is 0 Å². The molecule has 1 aliphatic carbocycles. The summed E-state index contributed by atoms with van der Waals surface area (Å²) in [7, 11) is 0. The van der Waals surface area contributed by atoms with E-state index >= 15 is 0 Å². The number of esters is 1. The van der Waals surface area contributed by atoms with Crippen LogP contribution in [0.4, 0.5) is 0 Å². The fourth-order valence-electron chi connectivity index (χ4n) is 3.95. The Bertz CT molecular complexity index is 620. The van der Waals surface area contributed by atoms with Crippen LogP contribution in [0.5, 0.6) is 0 Å². The van der Waals surface area contributed by atoms with Gasteiger partial charge in [0.15, 0.2) is 0 Å². The van der Waals surface area contributed by atoms with E-state index in [0.717, 1.165) is 31.3 Å². The van der Waals surface area contributed by atoms with E-state index in [-0.39, 0.29) is 18.6 Å². The second kappa shape index (κ2) is 7.06. The Morgan fingerprint density at radius 2 is 2.08 bits per heavy atom. The van der Waals surface area contributed by atoms with Gasteiger partial charge in [-0.1, -0.05) is 24.3 Å². The lowest BCUT2D eigenvalue weighted by Crippen LogP contribution is -2.34. The van der Waals surface area contributed by atoms with E-state index in [9.17, 15) is 15.0 Å². The lowest BCUT2D eigenvalue weighted by Gasteiger charge is -2.24. The maximum Gasteiger partial charge on any atom is 0.334 e. The summed E-state index contributed by atoms with van der Waals surface area (Å²) < 4.78 is 11.3. The molecule has 3 aliphatic rings. The SMILES string of the molecule is C=C1C(=O)O[C@@H]2[C@@H]1C[C@H]1O[C@]1(CO)CC/C=C(/C)CC/C=C(/C)[C@H]2O. The Morgan fingerprint density at radius 3 is 2.80 bits per heavy atom. The molecule has 0 aromatic heterocycles. The molecule has 0 aromatic rings. The van der Waals surface area contributed by atoms with Crippen molar-refractivity contribution in [1.82, 2.24) is 0 Å². The molecular formula is C20H28O5. The summed E-state index contributed by atoms with van der Waals surface area (Å²) in [5, 5.41) is 20.5. The molecular weight excluding hydrogens is 320 g/mol. The van der Waals surface area contributed by atoms with Gasteiger partial charge in [-0.05, 0) is 51.5 Å². The summed E-state index contributed by atoms with van der Waals surface area (Å²) in [4.78, 5) is 12.0. The van der Waals surface area contributed by atoms with Crippen molar-refractivity contribution in [2.75, 3.05) is 6.61 Å². The van der Waals surface area contributed by atoms with Gasteiger partial charge in [-0.2, -0.15) is 0 Å². The van der Waals surface area contributed by atoms with Gasteiger partial charge in [0.05, 0.1) is 12.7 Å². The Hall–Kier alpha value is -1.43. The highest BCUT2D eigenvalue weighted by Crippen LogP contribution is 2.47. The summed E-state index contributed by atoms with van der Waals surface area (Å²) in [5.74, 6) is -0.733. The standard InChI is InChI=1S/C20H28O5/c1-12-6-4-8-13(2)17(22)18-15(14(3)19(23)24-18)10-16-20(11-21,25-16)9-5-7-12/h7-8,15-18,21-22H,3-6,9-11H2,1-2H3/b12-7-,13-8-/t15-,16-,17-,18-,20+/m1/s1. The highest BCUT2D eigenvalue weighted by atomic mass is 16.6. The third-order valence-corrected chi connectivity index (χ3v) is 5.83. The predicted molar refractivity (Wildman–Crippen MR) is 93.8 cm³/mol. The van der Waals surface area contributed by atoms with Crippen LogP contribution < -0.4 is 0 Å². The third-order valence-electron chi connectivity index (χ3n) is 5.83. The zero-order chi connectivity index (χ0) is 18.2. The second-order valence-corrected chi connectivity index (χ2v) is 7.59. The number of carbonyl (C=O) groups excluding carboxylic acids is 1. The number of rotatable bonds is 1. The number of fused-ring (bicyclic) bond motifs is 2. The van der Waals surface area contributed by atoms with Gasteiger partial charge in [-0.15, -0.1) is 0 Å². The number of aliphatic hydroxyl groups is 2. The van der Waals surface area contributed by atoms with E-state index in [4.69, 9.17) is 9.47 Å². The molecule has 5 atom stereocenters. The smallest absolute Gasteiger partial charge is 0.334 e. The zero-order valence-electron chi connectivity index (χ0n) is 15.0. The first kappa shape index (κ1) is 18.4. The first-order valence-corrected chi connectivity index (χ1v) is 9.07. The molecule has 0 bridgehead atoms. The quantitative estimate of drug-likeness (QED) is 0.329. The van der Waals surface area contributed by atoms with Crippen molar-refractivity contribution in [3.63, 3.8) is 0 Å². The fraction of sp³-hybridized carbons (Fsp3) is 0.650. The highest BCUT2D eigenvalue weighted by Gasteiger charge is 2.58. The lowest BCUT2D eigenvalue weighted by atomic mass is 9.84. The van der Waals surface area contributed by atoms with Crippen LogP contribution in [0.15, 0.2) is 35.5 Å². The minimum atomic E-state index is -0.845. The molecule has 5 nitrogen and oxygen atoms in total. The Morgan fingerprint density at radius 1 is 1.32 bits per heavy atom. The number of aliphatic hydroxyl groups excluding tert-OH is 2. The number of hydrogen-bond acceptors (Lipinski definition) is 5. The molecule has 0 unspecified atom stereocenters. The predicted octanol–water partition coefficient (Wildman–Crippen LogP) is 2.43. The normalized spacial score (nSPS) is 43.7. The summed E-state index contributed by atoms with van der Waals surface area (Å²) in [6, 6.07) is 0. The van der Waals surface area contributed by atoms with Gasteiger partial charge >= 0.3 is 5.97 Å². The van der Waals surface area contributed by atoms with Gasteiger partial charge in [-0.3, -0.25) is 0 Å². The molecule has 2 fully saturated rings. The van der Waals surface area contributed by atoms with Crippen molar-refractivity contribution >= 4 is 5.97 Å². The molecule has 0 aromatic carbocycles. The topological polar surface area (TPSA) is 79.3 Å². The summed E-state index contributed by atoms with van der Waals surface area (Å²) in [6.45, 7) is 7.79. The number of allylic oxidation sites excluding steroid dienone is 3. The first-order valence-electron chi connectivity index (χ1n) is 9.07. The molecule has 2 heterocycles. The molecule has 2 N–H and O–H groups in total. The van der Waals surface area contributed by atoms with Crippen LogP contribution in [0.2, 0.25) is 0 Å². The third kappa shape index (κ3) is 3.59. The number of ether oxygens (including phenoxy) is 2. The Kier molecular flexibility index (Phi) is 5.19. The van der Waals surface area contributed by atoms with E-state index in [0.29, 0.717) is 12.0 Å². The molecule has 0 spiro atoms. The van der Waals surface area contributed by atoms with Crippen LogP contribution in [0.25, 0.3) is 0 Å². The van der Waals surface area contributed by atoms with E-state index < -0.39 is 23.8 Å². The van der Waals surface area contributed by atoms with E-state index in [1.807, 2.05) is 13.0 Å². The minimum absolute atomic E-state index is 0.0370. The maximum absolute atomic E-state index is 12.0. The van der Waals surface area contributed by atoms with E-state index in [2.05, 4.69) is 19.6 Å². The van der Waals surface area contributed by atoms with E-state index in [1.165, 1.54) is 5.57 Å². The summed E-state index contributed by atoms with van der Waals surface area (Å²) in [5.41, 5.74) is 1.96. The van der Waals surface area contributed by atoms with Gasteiger partial charge in [-0.25, -0.2) is 4.79 Å². The van der Waals surface area contributed by atoms with Crippen LogP contribution in [0.3, 0.4) is 0 Å². The van der Waals surface area contributed by atoms with Crippen LogP contribution in [0, 0.1) is 5.92 Å². The minimum Gasteiger partial charge on any atom is -0.455 e. The Balaban J connectivity index is 1.86. The molecule has 3 rings (SSSR count). The average Bonchev–Trinajstić information content (AvgIpc) is 3.20. The van der Waals surface area contributed by atoms with Gasteiger partial charge in [0.1, 0.15) is 17.8 Å². The lowest BCUT2D eigenvalue weighted by molar-refractivity contribution is -0.142. The van der Waals surface area contributed by atoms with Crippen molar-refractivity contribution in [1.29, 1.82) is 0 Å². The molecule has 138 valence electrons. The average molecular weight is 348 g/mol. The van der Waals surface area contributed by atoms with Crippen molar-refractivity contribution < 1.29 is 24.5 Å². The molecule has 0 radical (unpaired) electrons. The van der Waals surface area contributed by atoms with Crippen LogP contribution in [-0.2, 0) is 14.3 Å². The zero-order valence-corrected chi connectivity index (χ0v) is 15.0. The monoisotopic (exact) mass is 348 g/mol. The number of hydrogen-bond donors (Lipinski definition) is 2. The first-order chi connectivity index (χ1) is 11.9. The van der Waals surface area contributed by atoms with Crippen molar-refractivity contribution in [3.05, 3.63) is 35.5 Å². The molecule has 2 saturated heterocycles. The van der Waals surface area contributed by atoms with Gasteiger partial charge in [0, 0.05) is 11.5 Å². The van der Waals surface area contributed by atoms with Crippen LogP contribution in [0.1, 0.15) is 46.0 Å². The molecule has 0 amide bonds. The largest absolute Gasteiger partial charge is 0.455 e. The highest BCUT2D eigenvalue weighted by molar-refractivity contribution is 5.91. The second-order valence-electron chi connectivity index (χ2n) is 7.59. The summed E-state index contributed by atoms with van der Waals surface area (Å²) in [6.07, 6.45) is 6.51. The molecule has 2 aliphatic heterocycles. The fourth-order valence-corrected chi connectivity index (χ4v) is 3.95. The number of epoxide rings is 1. The Labute approximate surface area is 149 Å².